The number of imidazole rings is 1. The molecule has 7 nitrogen and oxygen atoms in total. The molecule has 1 aromatic carbocycles. The standard InChI is InChI=1S/C19H22N4OS.C2HF3O2/c1-24-10-9-23-8-6-21-19(23)17-13-22(14-18-20-7-11-25-18)12-15-4-2-3-5-16(15)17;3-2(4,5)1(6)7/h2-8,11,17H,9-10,12-14H2,1H3;(H,6,7). The van der Waals surface area contributed by atoms with Crippen LogP contribution in [0.1, 0.15) is 27.9 Å². The molecule has 0 saturated heterocycles. The Morgan fingerprint density at radius 2 is 2.03 bits per heavy atom. The van der Waals surface area contributed by atoms with Gasteiger partial charge in [0.25, 0.3) is 0 Å². The summed E-state index contributed by atoms with van der Waals surface area (Å²) in [5.41, 5.74) is 2.78. The number of methoxy groups -OCH3 is 1. The van der Waals surface area contributed by atoms with Crippen LogP contribution in [0.25, 0.3) is 0 Å². The summed E-state index contributed by atoms with van der Waals surface area (Å²) < 4.78 is 39.2. The zero-order chi connectivity index (χ0) is 23.1. The lowest BCUT2D eigenvalue weighted by Crippen LogP contribution is -2.35. The third-order valence-corrected chi connectivity index (χ3v) is 5.71. The number of rotatable bonds is 6. The van der Waals surface area contributed by atoms with E-state index in [0.717, 1.165) is 32.0 Å². The molecule has 0 spiro atoms. The predicted octanol–water partition coefficient (Wildman–Crippen LogP) is 3.77. The first-order chi connectivity index (χ1) is 15.3. The topological polar surface area (TPSA) is 80.5 Å². The molecule has 1 atom stereocenters. The second-order valence-electron chi connectivity index (χ2n) is 7.12. The second-order valence-corrected chi connectivity index (χ2v) is 8.10. The Morgan fingerprint density at radius 1 is 1.28 bits per heavy atom. The van der Waals surface area contributed by atoms with E-state index < -0.39 is 12.1 Å². The maximum atomic E-state index is 10.6. The van der Waals surface area contributed by atoms with Crippen LogP contribution in [-0.4, -0.2) is 56.9 Å². The highest BCUT2D eigenvalue weighted by atomic mass is 32.1. The number of halogens is 3. The SMILES string of the molecule is COCCn1ccnc1C1CN(Cc2nccs2)Cc2ccccc21.O=C(O)C(F)(F)F. The van der Waals surface area contributed by atoms with Crippen LogP contribution in [0, 0.1) is 0 Å². The van der Waals surface area contributed by atoms with Gasteiger partial charge in [-0.15, -0.1) is 11.3 Å². The first-order valence-electron chi connectivity index (χ1n) is 9.78. The number of alkyl halides is 3. The van der Waals surface area contributed by atoms with Gasteiger partial charge in [-0.3, -0.25) is 4.90 Å². The van der Waals surface area contributed by atoms with Crippen LogP contribution in [-0.2, 0) is 29.2 Å². The number of aliphatic carboxylic acids is 1. The third kappa shape index (κ3) is 6.15. The van der Waals surface area contributed by atoms with Crippen LogP contribution in [0.2, 0.25) is 0 Å². The van der Waals surface area contributed by atoms with Gasteiger partial charge in [-0.2, -0.15) is 13.2 Å². The lowest BCUT2D eigenvalue weighted by atomic mass is 9.89. The zero-order valence-corrected chi connectivity index (χ0v) is 18.1. The largest absolute Gasteiger partial charge is 0.490 e. The van der Waals surface area contributed by atoms with Crippen LogP contribution in [0.4, 0.5) is 13.2 Å². The van der Waals surface area contributed by atoms with Gasteiger partial charge in [-0.1, -0.05) is 24.3 Å². The molecule has 0 radical (unpaired) electrons. The molecule has 11 heteroatoms. The number of carboxylic acid groups (broad SMARTS) is 1. The Kier molecular flexibility index (Phi) is 7.99. The van der Waals surface area contributed by atoms with Gasteiger partial charge in [0.05, 0.1) is 19.1 Å². The van der Waals surface area contributed by atoms with Crippen molar-refractivity contribution in [3.8, 4) is 0 Å². The monoisotopic (exact) mass is 468 g/mol. The van der Waals surface area contributed by atoms with E-state index in [4.69, 9.17) is 19.6 Å². The number of ether oxygens (including phenoxy) is 1. The van der Waals surface area contributed by atoms with Crippen molar-refractivity contribution in [3.05, 3.63) is 70.2 Å². The van der Waals surface area contributed by atoms with Crippen molar-refractivity contribution in [1.29, 1.82) is 0 Å². The van der Waals surface area contributed by atoms with Gasteiger partial charge < -0.3 is 14.4 Å². The van der Waals surface area contributed by atoms with E-state index in [0.29, 0.717) is 6.61 Å². The molecule has 2 aromatic heterocycles. The van der Waals surface area contributed by atoms with Gasteiger partial charge in [0.15, 0.2) is 0 Å². The molecule has 3 aromatic rings. The highest BCUT2D eigenvalue weighted by Crippen LogP contribution is 2.33. The van der Waals surface area contributed by atoms with Crippen molar-refractivity contribution in [1.82, 2.24) is 19.4 Å². The van der Waals surface area contributed by atoms with E-state index in [-0.39, 0.29) is 5.92 Å². The zero-order valence-electron chi connectivity index (χ0n) is 17.3. The minimum atomic E-state index is -5.08. The lowest BCUT2D eigenvalue weighted by Gasteiger charge is -2.34. The van der Waals surface area contributed by atoms with Crippen molar-refractivity contribution >= 4 is 17.3 Å². The Morgan fingerprint density at radius 3 is 2.69 bits per heavy atom. The Bertz CT molecular complexity index is 1010. The fourth-order valence-electron chi connectivity index (χ4n) is 3.55. The summed E-state index contributed by atoms with van der Waals surface area (Å²) in [5.74, 6) is -1.36. The number of thiazole rings is 1. The van der Waals surface area contributed by atoms with E-state index in [9.17, 15) is 13.2 Å². The average Bonchev–Trinajstić information content (AvgIpc) is 3.43. The minimum absolute atomic E-state index is 0.275. The van der Waals surface area contributed by atoms with Crippen molar-refractivity contribution in [3.63, 3.8) is 0 Å². The summed E-state index contributed by atoms with van der Waals surface area (Å²) in [7, 11) is 1.74. The van der Waals surface area contributed by atoms with E-state index in [2.05, 4.69) is 44.9 Å². The first kappa shape index (κ1) is 23.9. The predicted molar refractivity (Wildman–Crippen MR) is 112 cm³/mol. The molecule has 1 aliphatic rings. The van der Waals surface area contributed by atoms with Crippen molar-refractivity contribution < 1.29 is 27.8 Å². The molecule has 172 valence electrons. The summed E-state index contributed by atoms with van der Waals surface area (Å²) in [4.78, 5) is 20.5. The number of fused-ring (bicyclic) bond motifs is 1. The van der Waals surface area contributed by atoms with Crippen LogP contribution in [0.3, 0.4) is 0 Å². The summed E-state index contributed by atoms with van der Waals surface area (Å²) in [6, 6.07) is 8.74. The number of hydrogen-bond donors (Lipinski definition) is 1. The fraction of sp³-hybridized carbons (Fsp3) is 0.381. The molecule has 1 unspecified atom stereocenters. The second kappa shape index (κ2) is 10.7. The molecule has 4 rings (SSSR count). The normalized spacial score (nSPS) is 16.2. The molecule has 1 aliphatic heterocycles. The van der Waals surface area contributed by atoms with Gasteiger partial charge in [-0.25, -0.2) is 14.8 Å². The van der Waals surface area contributed by atoms with Gasteiger partial charge in [0.1, 0.15) is 10.8 Å². The van der Waals surface area contributed by atoms with Crippen molar-refractivity contribution in [2.24, 2.45) is 0 Å². The maximum Gasteiger partial charge on any atom is 0.490 e. The number of nitrogens with zero attached hydrogens (tertiary/aromatic N) is 4. The van der Waals surface area contributed by atoms with E-state index in [1.165, 1.54) is 16.1 Å². The molecule has 0 aliphatic carbocycles. The number of aromatic nitrogens is 3. The summed E-state index contributed by atoms with van der Waals surface area (Å²) in [5, 5.41) is 10.3. The Labute approximate surface area is 187 Å². The van der Waals surface area contributed by atoms with Crippen molar-refractivity contribution in [2.45, 2.75) is 31.7 Å². The molecule has 1 N–H and O–H groups in total. The number of carboxylic acids is 1. The lowest BCUT2D eigenvalue weighted by molar-refractivity contribution is -0.192. The number of benzene rings is 1. The first-order valence-corrected chi connectivity index (χ1v) is 10.7. The molecule has 32 heavy (non-hydrogen) atoms. The summed E-state index contributed by atoms with van der Waals surface area (Å²) >= 11 is 1.72. The Hall–Kier alpha value is -2.76. The average molecular weight is 469 g/mol. The molecule has 0 fully saturated rings. The van der Waals surface area contributed by atoms with Gasteiger partial charge in [-0.05, 0) is 11.1 Å². The highest BCUT2D eigenvalue weighted by molar-refractivity contribution is 7.09. The van der Waals surface area contributed by atoms with Gasteiger partial charge >= 0.3 is 12.1 Å². The molecular formula is C21H23F3N4O3S. The third-order valence-electron chi connectivity index (χ3n) is 4.95. The number of hydrogen-bond acceptors (Lipinski definition) is 6. The quantitative estimate of drug-likeness (QED) is 0.593. The van der Waals surface area contributed by atoms with Gasteiger partial charge in [0.2, 0.25) is 0 Å². The van der Waals surface area contributed by atoms with Crippen LogP contribution < -0.4 is 0 Å². The molecule has 0 amide bonds. The molecule has 3 heterocycles. The van der Waals surface area contributed by atoms with Crippen LogP contribution >= 0.6 is 11.3 Å². The summed E-state index contributed by atoms with van der Waals surface area (Å²) in [6.07, 6.45) is 0.747. The van der Waals surface area contributed by atoms with Crippen LogP contribution in [0.15, 0.2) is 48.2 Å². The Balaban J connectivity index is 0.000000360. The fourth-order valence-corrected chi connectivity index (χ4v) is 4.21. The van der Waals surface area contributed by atoms with E-state index in [1.54, 1.807) is 18.4 Å². The maximum absolute atomic E-state index is 10.6. The molecular weight excluding hydrogens is 445 g/mol. The molecule has 0 bridgehead atoms. The summed E-state index contributed by atoms with van der Waals surface area (Å²) in [6.45, 7) is 4.34. The minimum Gasteiger partial charge on any atom is -0.475 e. The molecule has 0 saturated carbocycles. The van der Waals surface area contributed by atoms with E-state index >= 15 is 0 Å². The smallest absolute Gasteiger partial charge is 0.475 e. The van der Waals surface area contributed by atoms with Gasteiger partial charge in [0, 0.05) is 50.7 Å². The van der Waals surface area contributed by atoms with Crippen molar-refractivity contribution in [2.75, 3.05) is 20.3 Å². The highest BCUT2D eigenvalue weighted by Gasteiger charge is 2.38. The van der Waals surface area contributed by atoms with E-state index in [1.807, 2.05) is 17.8 Å². The van der Waals surface area contributed by atoms with Crippen LogP contribution in [0.5, 0.6) is 0 Å². The number of carbonyl (C=O) groups is 1.